The molecule has 0 radical (unpaired) electrons. The smallest absolute Gasteiger partial charge is 0.0779 e. The molecule has 1 rings (SSSR count). The van der Waals surface area contributed by atoms with Gasteiger partial charge in [0.25, 0.3) is 0 Å². The first-order valence-corrected chi connectivity index (χ1v) is 8.11. The highest BCUT2D eigenvalue weighted by atomic mass is 79.9. The Kier molecular flexibility index (Phi) is 5.52. The van der Waals surface area contributed by atoms with Crippen molar-refractivity contribution >= 4 is 15.9 Å². The predicted molar refractivity (Wildman–Crippen MR) is 78.7 cm³/mol. The standard InChI is InChI=1S/C15H29BrO/c1-12(2)10-17-15(11-16)8-6-13(7-9-15)14(3,4)5/h12-13H,6-11H2,1-5H3. The normalized spacial score (nSPS) is 30.9. The topological polar surface area (TPSA) is 9.23 Å². The molecule has 1 saturated carbocycles. The van der Waals surface area contributed by atoms with E-state index in [9.17, 15) is 0 Å². The van der Waals surface area contributed by atoms with Gasteiger partial charge in [0.05, 0.1) is 5.60 Å². The fourth-order valence-corrected chi connectivity index (χ4v) is 3.39. The van der Waals surface area contributed by atoms with Gasteiger partial charge in [-0.15, -0.1) is 0 Å². The van der Waals surface area contributed by atoms with Crippen LogP contribution < -0.4 is 0 Å². The summed E-state index contributed by atoms with van der Waals surface area (Å²) < 4.78 is 6.20. The molecule has 0 aromatic carbocycles. The largest absolute Gasteiger partial charge is 0.374 e. The molecule has 102 valence electrons. The summed E-state index contributed by atoms with van der Waals surface area (Å²) in [6.07, 6.45) is 5.06. The molecular weight excluding hydrogens is 276 g/mol. The summed E-state index contributed by atoms with van der Waals surface area (Å²) in [4.78, 5) is 0. The van der Waals surface area contributed by atoms with Gasteiger partial charge in [-0.05, 0) is 42.9 Å². The second kappa shape index (κ2) is 6.06. The van der Waals surface area contributed by atoms with Gasteiger partial charge in [-0.1, -0.05) is 50.5 Å². The zero-order valence-electron chi connectivity index (χ0n) is 12.2. The Bertz CT molecular complexity index is 222. The fraction of sp³-hybridized carbons (Fsp3) is 1.00. The minimum absolute atomic E-state index is 0.117. The average Bonchev–Trinajstić information content (AvgIpc) is 2.26. The lowest BCUT2D eigenvalue weighted by atomic mass is 9.69. The number of alkyl halides is 1. The highest BCUT2D eigenvalue weighted by Gasteiger charge is 2.38. The van der Waals surface area contributed by atoms with Gasteiger partial charge < -0.3 is 4.74 Å². The Hall–Kier alpha value is 0.440. The number of hydrogen-bond acceptors (Lipinski definition) is 1. The van der Waals surface area contributed by atoms with Crippen LogP contribution in [0.1, 0.15) is 60.3 Å². The summed E-state index contributed by atoms with van der Waals surface area (Å²) in [6, 6.07) is 0. The molecule has 0 bridgehead atoms. The highest BCUT2D eigenvalue weighted by molar-refractivity contribution is 9.09. The Labute approximate surface area is 116 Å². The molecule has 0 N–H and O–H groups in total. The van der Waals surface area contributed by atoms with Crippen LogP contribution in [0.5, 0.6) is 0 Å². The van der Waals surface area contributed by atoms with Crippen molar-refractivity contribution in [1.82, 2.24) is 0 Å². The Morgan fingerprint density at radius 2 is 1.76 bits per heavy atom. The van der Waals surface area contributed by atoms with E-state index in [0.717, 1.165) is 17.9 Å². The first-order valence-electron chi connectivity index (χ1n) is 6.99. The van der Waals surface area contributed by atoms with E-state index in [0.29, 0.717) is 11.3 Å². The summed E-state index contributed by atoms with van der Waals surface area (Å²) in [6.45, 7) is 12.5. The van der Waals surface area contributed by atoms with Crippen LogP contribution in [0, 0.1) is 17.3 Å². The van der Waals surface area contributed by atoms with E-state index in [1.54, 1.807) is 0 Å². The average molecular weight is 305 g/mol. The molecule has 0 unspecified atom stereocenters. The third-order valence-corrected chi connectivity index (χ3v) is 5.11. The molecule has 1 fully saturated rings. The van der Waals surface area contributed by atoms with Gasteiger partial charge in [-0.25, -0.2) is 0 Å². The van der Waals surface area contributed by atoms with Crippen LogP contribution in [0.3, 0.4) is 0 Å². The van der Waals surface area contributed by atoms with Crippen molar-refractivity contribution in [2.45, 2.75) is 65.9 Å². The van der Waals surface area contributed by atoms with Gasteiger partial charge in [0, 0.05) is 11.9 Å². The van der Waals surface area contributed by atoms with Crippen LogP contribution in [-0.4, -0.2) is 17.5 Å². The summed E-state index contributed by atoms with van der Waals surface area (Å²) in [5.41, 5.74) is 0.572. The van der Waals surface area contributed by atoms with Crippen LogP contribution in [0.25, 0.3) is 0 Å². The lowest BCUT2D eigenvalue weighted by molar-refractivity contribution is -0.0779. The molecule has 1 aliphatic carbocycles. The molecule has 0 heterocycles. The highest BCUT2D eigenvalue weighted by Crippen LogP contribution is 2.43. The van der Waals surface area contributed by atoms with E-state index in [1.807, 2.05) is 0 Å². The number of halogens is 1. The van der Waals surface area contributed by atoms with Gasteiger partial charge in [-0.2, -0.15) is 0 Å². The zero-order chi connectivity index (χ0) is 13.1. The fourth-order valence-electron chi connectivity index (χ4n) is 2.67. The molecular formula is C15H29BrO. The molecule has 0 aromatic rings. The van der Waals surface area contributed by atoms with Crippen LogP contribution in [0.4, 0.5) is 0 Å². The second-order valence-corrected chi connectivity index (χ2v) is 7.72. The molecule has 2 heteroatoms. The number of rotatable bonds is 4. The lowest BCUT2D eigenvalue weighted by Gasteiger charge is -2.43. The SMILES string of the molecule is CC(C)COC1(CBr)CCC(C(C)(C)C)CC1. The van der Waals surface area contributed by atoms with Crippen LogP contribution >= 0.6 is 15.9 Å². The van der Waals surface area contributed by atoms with Crippen molar-refractivity contribution in [1.29, 1.82) is 0 Å². The summed E-state index contributed by atoms with van der Waals surface area (Å²) in [5, 5.41) is 0.990. The Morgan fingerprint density at radius 3 is 2.12 bits per heavy atom. The maximum Gasteiger partial charge on any atom is 0.0779 e. The van der Waals surface area contributed by atoms with Crippen LogP contribution in [-0.2, 0) is 4.74 Å². The van der Waals surface area contributed by atoms with E-state index in [2.05, 4.69) is 50.5 Å². The Morgan fingerprint density at radius 1 is 1.24 bits per heavy atom. The molecule has 0 saturated heterocycles. The summed E-state index contributed by atoms with van der Waals surface area (Å²) >= 11 is 3.66. The van der Waals surface area contributed by atoms with Crippen molar-refractivity contribution in [3.05, 3.63) is 0 Å². The van der Waals surface area contributed by atoms with Crippen LogP contribution in [0.15, 0.2) is 0 Å². The third-order valence-electron chi connectivity index (χ3n) is 4.09. The lowest BCUT2D eigenvalue weighted by Crippen LogP contribution is -2.42. The van der Waals surface area contributed by atoms with Crippen molar-refractivity contribution in [3.8, 4) is 0 Å². The van der Waals surface area contributed by atoms with E-state index < -0.39 is 0 Å². The molecule has 0 atom stereocenters. The first-order chi connectivity index (χ1) is 7.79. The second-order valence-electron chi connectivity index (χ2n) is 7.16. The molecule has 0 spiro atoms. The molecule has 0 aliphatic heterocycles. The van der Waals surface area contributed by atoms with Crippen LogP contribution in [0.2, 0.25) is 0 Å². The molecule has 17 heavy (non-hydrogen) atoms. The van der Waals surface area contributed by atoms with Gasteiger partial charge in [0.2, 0.25) is 0 Å². The monoisotopic (exact) mass is 304 g/mol. The molecule has 1 aliphatic rings. The summed E-state index contributed by atoms with van der Waals surface area (Å²) in [7, 11) is 0. The third kappa shape index (κ3) is 4.55. The molecule has 0 amide bonds. The maximum absolute atomic E-state index is 6.20. The van der Waals surface area contributed by atoms with Gasteiger partial charge in [0.15, 0.2) is 0 Å². The molecule has 1 nitrogen and oxygen atoms in total. The molecule has 0 aromatic heterocycles. The number of hydrogen-bond donors (Lipinski definition) is 0. The first kappa shape index (κ1) is 15.5. The van der Waals surface area contributed by atoms with E-state index in [-0.39, 0.29) is 5.60 Å². The van der Waals surface area contributed by atoms with E-state index in [1.165, 1.54) is 25.7 Å². The summed E-state index contributed by atoms with van der Waals surface area (Å²) in [5.74, 6) is 1.49. The van der Waals surface area contributed by atoms with Crippen molar-refractivity contribution in [3.63, 3.8) is 0 Å². The predicted octanol–water partition coefficient (Wildman–Crippen LogP) is 5.03. The zero-order valence-corrected chi connectivity index (χ0v) is 13.8. The van der Waals surface area contributed by atoms with Crippen molar-refractivity contribution in [2.75, 3.05) is 11.9 Å². The maximum atomic E-state index is 6.20. The van der Waals surface area contributed by atoms with E-state index >= 15 is 0 Å². The minimum atomic E-state index is 0.117. The quantitative estimate of drug-likeness (QED) is 0.662. The van der Waals surface area contributed by atoms with Crippen molar-refractivity contribution in [2.24, 2.45) is 17.3 Å². The van der Waals surface area contributed by atoms with Crippen molar-refractivity contribution < 1.29 is 4.74 Å². The van der Waals surface area contributed by atoms with Gasteiger partial charge in [0.1, 0.15) is 0 Å². The van der Waals surface area contributed by atoms with Gasteiger partial charge in [-0.3, -0.25) is 0 Å². The van der Waals surface area contributed by atoms with Gasteiger partial charge >= 0.3 is 0 Å². The Balaban J connectivity index is 2.51. The van der Waals surface area contributed by atoms with E-state index in [4.69, 9.17) is 4.74 Å². The minimum Gasteiger partial charge on any atom is -0.374 e. The number of ether oxygens (including phenoxy) is 1.